The number of rotatable bonds is 0. The number of hydrogen-bond acceptors (Lipinski definition) is 4. The first kappa shape index (κ1) is 12.1. The molecule has 7 nitrogen and oxygen atoms in total. The average molecular weight is 350 g/mol. The summed E-state index contributed by atoms with van der Waals surface area (Å²) >= 11 is -9.35. The molecule has 0 saturated heterocycles. The summed E-state index contributed by atoms with van der Waals surface area (Å²) in [6, 6.07) is 0. The van der Waals surface area contributed by atoms with Crippen LogP contribution in [0, 0.1) is 0 Å². The molecule has 0 aliphatic heterocycles. The van der Waals surface area contributed by atoms with Gasteiger partial charge in [0.2, 0.25) is 0 Å². The van der Waals surface area contributed by atoms with Crippen molar-refractivity contribution in [3.05, 3.63) is 0 Å². The van der Waals surface area contributed by atoms with Crippen LogP contribution < -0.4 is 0 Å². The van der Waals surface area contributed by atoms with E-state index in [0.717, 1.165) is 0 Å². The molecule has 0 aliphatic rings. The van der Waals surface area contributed by atoms with Gasteiger partial charge in [0.15, 0.2) is 0 Å². The summed E-state index contributed by atoms with van der Waals surface area (Å²) in [7, 11) is 0. The van der Waals surface area contributed by atoms with Crippen LogP contribution in [0.3, 0.4) is 0 Å². The Morgan fingerprint density at radius 3 is 1.11 bits per heavy atom. The summed E-state index contributed by atoms with van der Waals surface area (Å²) in [5, 5.41) is 0. The van der Waals surface area contributed by atoms with E-state index in [1.807, 2.05) is 0 Å². The molecule has 9 heavy (non-hydrogen) atoms. The fourth-order valence-corrected chi connectivity index (χ4v) is 0. The Bertz CT molecular complexity index is 189. The maximum absolute atomic E-state index is 8.87. The molecule has 0 rings (SSSR count). The summed E-state index contributed by atoms with van der Waals surface area (Å²) in [5.41, 5.74) is 0. The first-order chi connectivity index (χ1) is 3.73. The van der Waals surface area contributed by atoms with Gasteiger partial charge in [-0.1, -0.05) is 0 Å². The predicted molar refractivity (Wildman–Crippen MR) is 9.40 cm³/mol. The molecule has 0 aromatic carbocycles. The first-order valence-corrected chi connectivity index (χ1v) is 8.05. The van der Waals surface area contributed by atoms with Crippen molar-refractivity contribution in [1.82, 2.24) is 0 Å². The summed E-state index contributed by atoms with van der Waals surface area (Å²) in [5.74, 6) is 0. The fraction of sp³-hybridized carbons (Fsp3) is 0. The molecule has 0 fully saturated rings. The molecule has 0 atom stereocenters. The van der Waals surface area contributed by atoms with Gasteiger partial charge in [-0.25, -0.2) is 0 Å². The van der Waals surface area contributed by atoms with E-state index in [1.54, 1.807) is 0 Å². The van der Waals surface area contributed by atoms with Gasteiger partial charge in [-0.3, -0.25) is 0 Å². The molecular formula is H3O7VW. The summed E-state index contributed by atoms with van der Waals surface area (Å²) in [6.07, 6.45) is 0. The van der Waals surface area contributed by atoms with Crippen molar-refractivity contribution in [2.45, 2.75) is 0 Å². The van der Waals surface area contributed by atoms with Crippen molar-refractivity contribution >= 4 is 0 Å². The van der Waals surface area contributed by atoms with Crippen molar-refractivity contribution in [2.75, 3.05) is 0 Å². The van der Waals surface area contributed by atoms with Crippen LogP contribution in [0.15, 0.2) is 0 Å². The summed E-state index contributed by atoms with van der Waals surface area (Å²) in [4.78, 5) is 0. The first-order valence-electron chi connectivity index (χ1n) is 1.26. The summed E-state index contributed by atoms with van der Waals surface area (Å²) < 4.78 is 56.5. The second-order valence-corrected chi connectivity index (χ2v) is 4.65. The van der Waals surface area contributed by atoms with Gasteiger partial charge in [-0.2, -0.15) is 0 Å². The van der Waals surface area contributed by atoms with Crippen LogP contribution in [0.2, 0.25) is 0 Å². The minimum atomic E-state index is -5.67. The van der Waals surface area contributed by atoms with E-state index in [9.17, 15) is 0 Å². The van der Waals surface area contributed by atoms with E-state index >= 15 is 0 Å². The van der Waals surface area contributed by atoms with Crippen LogP contribution in [0.5, 0.6) is 0 Å². The molecule has 0 spiro atoms. The molecule has 0 saturated carbocycles. The molecular weight excluding hydrogens is 347 g/mol. The van der Waals surface area contributed by atoms with Crippen molar-refractivity contribution in [1.29, 1.82) is 0 Å². The maximum atomic E-state index is 8.87. The molecule has 56 valence electrons. The summed E-state index contributed by atoms with van der Waals surface area (Å²) in [6.45, 7) is 0. The fourth-order valence-electron chi connectivity index (χ4n) is 0. The van der Waals surface area contributed by atoms with Gasteiger partial charge in [0.1, 0.15) is 0 Å². The third-order valence-electron chi connectivity index (χ3n) is 0. The topological polar surface area (TPSA) is 129 Å². The molecule has 0 aliphatic carbocycles. The van der Waals surface area contributed by atoms with E-state index < -0.39 is 32.1 Å². The molecule has 0 heterocycles. The molecule has 0 amide bonds. The van der Waals surface area contributed by atoms with E-state index in [1.165, 1.54) is 0 Å². The third kappa shape index (κ3) is 2710. The van der Waals surface area contributed by atoms with Gasteiger partial charge >= 0.3 is 57.8 Å². The van der Waals surface area contributed by atoms with E-state index in [2.05, 4.69) is 0 Å². The minimum absolute atomic E-state index is 3.69. The zero-order valence-electron chi connectivity index (χ0n) is 3.83. The second kappa shape index (κ2) is 5.16. The SMILES string of the molecule is [O]=[V](=[O])[OH].[O]=[W](=[O])([OH])[OH]. The zero-order chi connectivity index (χ0) is 8.08. The van der Waals surface area contributed by atoms with Gasteiger partial charge < -0.3 is 0 Å². The van der Waals surface area contributed by atoms with Crippen LogP contribution in [0.4, 0.5) is 0 Å². The normalized spacial score (nSPS) is 9.22. The molecule has 3 N–H and O–H groups in total. The monoisotopic (exact) mass is 350 g/mol. The second-order valence-electron chi connectivity index (χ2n) is 0.686. The van der Waals surface area contributed by atoms with E-state index in [4.69, 9.17) is 25.7 Å². The Hall–Kier alpha value is 0.353. The average Bonchev–Trinajstić information content (AvgIpc) is 1.19. The number of hydrogen-bond donors (Lipinski definition) is 3. The Labute approximate surface area is 58.0 Å². The Morgan fingerprint density at radius 2 is 1.11 bits per heavy atom. The van der Waals surface area contributed by atoms with Crippen LogP contribution in [-0.2, 0) is 46.3 Å². The quantitative estimate of drug-likeness (QED) is 0.454. The molecule has 0 aromatic heterocycles. The van der Waals surface area contributed by atoms with Gasteiger partial charge in [0, 0.05) is 0 Å². The van der Waals surface area contributed by atoms with Gasteiger partial charge in [0.05, 0.1) is 0 Å². The van der Waals surface area contributed by atoms with Crippen LogP contribution >= 0.6 is 0 Å². The Balaban J connectivity index is 0. The molecule has 9 heteroatoms. The Morgan fingerprint density at radius 1 is 1.11 bits per heavy atom. The predicted octanol–water partition coefficient (Wildman–Crippen LogP) is -2.15. The van der Waals surface area contributed by atoms with Crippen LogP contribution in [-0.4, -0.2) is 11.6 Å². The van der Waals surface area contributed by atoms with Crippen molar-refractivity contribution < 1.29 is 57.8 Å². The molecule has 0 bridgehead atoms. The van der Waals surface area contributed by atoms with Crippen molar-refractivity contribution in [3.63, 3.8) is 0 Å². The standard InChI is InChI=1S/3H2O.4O.V.W/h3*1H2;;;;;;/q;;;;;;;+1;+2/p-3. The molecule has 0 aromatic rings. The van der Waals surface area contributed by atoms with Crippen LogP contribution in [0.25, 0.3) is 0 Å². The molecule has 0 radical (unpaired) electrons. The van der Waals surface area contributed by atoms with Gasteiger partial charge in [0.25, 0.3) is 0 Å². The molecule has 0 unspecified atom stereocenters. The van der Waals surface area contributed by atoms with Crippen molar-refractivity contribution in [3.8, 4) is 0 Å². The van der Waals surface area contributed by atoms with Gasteiger partial charge in [-0.15, -0.1) is 0 Å². The van der Waals surface area contributed by atoms with Crippen LogP contribution in [0.1, 0.15) is 0 Å². The van der Waals surface area contributed by atoms with Gasteiger partial charge in [-0.05, 0) is 0 Å². The van der Waals surface area contributed by atoms with E-state index in [-0.39, 0.29) is 0 Å². The zero-order valence-corrected chi connectivity index (χ0v) is 8.16. The third-order valence-corrected chi connectivity index (χ3v) is 0. The van der Waals surface area contributed by atoms with E-state index in [0.29, 0.717) is 0 Å². The van der Waals surface area contributed by atoms with Crippen molar-refractivity contribution in [2.24, 2.45) is 0 Å². The Kier molecular flexibility index (Phi) is 6.92.